The molecule has 0 unspecified atom stereocenters. The van der Waals surface area contributed by atoms with Crippen LogP contribution in [0.4, 0.5) is 5.69 Å². The Labute approximate surface area is 131 Å². The molecule has 0 aliphatic carbocycles. The average Bonchev–Trinajstić information content (AvgIpc) is 2.90. The maximum Gasteiger partial charge on any atom is 0.0725 e. The Balaban J connectivity index is 1.96. The van der Waals surface area contributed by atoms with Crippen molar-refractivity contribution in [3.05, 3.63) is 54.1 Å². The molecule has 0 atom stereocenters. The van der Waals surface area contributed by atoms with Crippen LogP contribution in [-0.2, 0) is 11.3 Å². The van der Waals surface area contributed by atoms with Crippen LogP contribution in [0.25, 0.3) is 22.2 Å². The molecule has 3 N–H and O–H groups in total. The molecule has 3 aromatic rings. The molecule has 3 rings (SSSR count). The highest BCUT2D eigenvalue weighted by Crippen LogP contribution is 2.29. The predicted octanol–water partition coefficient (Wildman–Crippen LogP) is 4.73. The van der Waals surface area contributed by atoms with E-state index in [2.05, 4.69) is 50.0 Å². The molecule has 0 aliphatic rings. The van der Waals surface area contributed by atoms with E-state index in [1.165, 1.54) is 0 Å². The van der Waals surface area contributed by atoms with Gasteiger partial charge in [0.2, 0.25) is 0 Å². The number of fused-ring (bicyclic) bond motifs is 1. The summed E-state index contributed by atoms with van der Waals surface area (Å²) in [6, 6.07) is 16.5. The third-order valence-electron chi connectivity index (χ3n) is 3.58. The Morgan fingerprint density at radius 2 is 1.77 bits per heavy atom. The van der Waals surface area contributed by atoms with Crippen LogP contribution in [-0.4, -0.2) is 10.6 Å². The van der Waals surface area contributed by atoms with E-state index in [1.807, 2.05) is 24.3 Å². The van der Waals surface area contributed by atoms with Crippen molar-refractivity contribution in [2.45, 2.75) is 33.0 Å². The number of H-pyrrole nitrogens is 1. The van der Waals surface area contributed by atoms with Crippen LogP contribution < -0.4 is 5.73 Å². The van der Waals surface area contributed by atoms with E-state index in [9.17, 15) is 0 Å². The summed E-state index contributed by atoms with van der Waals surface area (Å²) >= 11 is 0. The molecule has 0 radical (unpaired) electrons. The van der Waals surface area contributed by atoms with Gasteiger partial charge in [0, 0.05) is 11.1 Å². The summed E-state index contributed by atoms with van der Waals surface area (Å²) in [5.74, 6) is 0. The van der Waals surface area contributed by atoms with Crippen LogP contribution in [0, 0.1) is 0 Å². The van der Waals surface area contributed by atoms with Crippen molar-refractivity contribution in [1.29, 1.82) is 0 Å². The third kappa shape index (κ3) is 3.15. The minimum atomic E-state index is -0.156. The van der Waals surface area contributed by atoms with Gasteiger partial charge in [-0.25, -0.2) is 0 Å². The Bertz CT molecular complexity index is 782. The van der Waals surface area contributed by atoms with E-state index < -0.39 is 0 Å². The first-order valence-corrected chi connectivity index (χ1v) is 7.53. The zero-order chi connectivity index (χ0) is 15.7. The lowest BCUT2D eigenvalue weighted by molar-refractivity contribution is -0.0149. The Hall–Kier alpha value is -2.26. The van der Waals surface area contributed by atoms with E-state index in [1.54, 1.807) is 0 Å². The minimum absolute atomic E-state index is 0.156. The fourth-order valence-electron chi connectivity index (χ4n) is 2.49. The zero-order valence-corrected chi connectivity index (χ0v) is 13.3. The summed E-state index contributed by atoms with van der Waals surface area (Å²) < 4.78 is 5.84. The zero-order valence-electron chi connectivity index (χ0n) is 13.3. The van der Waals surface area contributed by atoms with Crippen molar-refractivity contribution in [2.24, 2.45) is 0 Å². The summed E-state index contributed by atoms with van der Waals surface area (Å²) in [5, 5.41) is 1.12. The Morgan fingerprint density at radius 1 is 1.05 bits per heavy atom. The van der Waals surface area contributed by atoms with Gasteiger partial charge in [-0.05, 0) is 50.1 Å². The number of nitrogens with two attached hydrogens (primary N) is 1. The van der Waals surface area contributed by atoms with Crippen LogP contribution in [0.3, 0.4) is 0 Å². The maximum absolute atomic E-state index is 6.20. The summed E-state index contributed by atoms with van der Waals surface area (Å²) in [5.41, 5.74) is 11.1. The molecule has 1 heterocycles. The molecule has 0 amide bonds. The standard InChI is InChI=1S/C19H22N2O/c1-19(2,3)22-12-13-9-15-11-17(14-7-5-4-6-8-14)21-18(15)16(20)10-13/h4-11,21H,12,20H2,1-3H3. The number of nitrogen functional groups attached to an aromatic ring is 1. The normalized spacial score (nSPS) is 12.0. The predicted molar refractivity (Wildman–Crippen MR) is 92.7 cm³/mol. The molecule has 0 saturated carbocycles. The van der Waals surface area contributed by atoms with Crippen molar-refractivity contribution in [3.8, 4) is 11.3 Å². The molecule has 0 spiro atoms. The number of ether oxygens (including phenoxy) is 1. The van der Waals surface area contributed by atoms with Gasteiger partial charge in [-0.1, -0.05) is 30.3 Å². The van der Waals surface area contributed by atoms with Gasteiger partial charge in [0.1, 0.15) is 0 Å². The lowest BCUT2D eigenvalue weighted by Gasteiger charge is -2.19. The Morgan fingerprint density at radius 3 is 2.45 bits per heavy atom. The fourth-order valence-corrected chi connectivity index (χ4v) is 2.49. The number of hydrogen-bond acceptors (Lipinski definition) is 2. The number of aromatic amines is 1. The molecule has 0 bridgehead atoms. The Kier molecular flexibility index (Phi) is 3.67. The number of anilines is 1. The van der Waals surface area contributed by atoms with Gasteiger partial charge in [0.15, 0.2) is 0 Å². The molecule has 1 aromatic heterocycles. The first kappa shape index (κ1) is 14.7. The van der Waals surface area contributed by atoms with Gasteiger partial charge >= 0.3 is 0 Å². The topological polar surface area (TPSA) is 51.0 Å². The van der Waals surface area contributed by atoms with E-state index in [0.717, 1.165) is 33.4 Å². The number of nitrogens with one attached hydrogen (secondary N) is 1. The molecule has 22 heavy (non-hydrogen) atoms. The second-order valence-electron chi connectivity index (χ2n) is 6.60. The summed E-state index contributed by atoms with van der Waals surface area (Å²) in [6.45, 7) is 6.73. The number of aromatic nitrogens is 1. The van der Waals surface area contributed by atoms with Gasteiger partial charge in [-0.2, -0.15) is 0 Å². The number of rotatable bonds is 3. The number of hydrogen-bond donors (Lipinski definition) is 2. The van der Waals surface area contributed by atoms with Crippen molar-refractivity contribution in [1.82, 2.24) is 4.98 Å². The number of benzene rings is 2. The van der Waals surface area contributed by atoms with Crippen LogP contribution in [0.15, 0.2) is 48.5 Å². The molecule has 0 saturated heterocycles. The van der Waals surface area contributed by atoms with E-state index in [-0.39, 0.29) is 5.60 Å². The molecule has 2 aromatic carbocycles. The first-order chi connectivity index (χ1) is 10.4. The van der Waals surface area contributed by atoms with Gasteiger partial charge in [-0.15, -0.1) is 0 Å². The van der Waals surface area contributed by atoms with Crippen LogP contribution >= 0.6 is 0 Å². The molecule has 0 fully saturated rings. The minimum Gasteiger partial charge on any atom is -0.397 e. The van der Waals surface area contributed by atoms with E-state index in [4.69, 9.17) is 10.5 Å². The van der Waals surface area contributed by atoms with Crippen molar-refractivity contribution < 1.29 is 4.74 Å². The molecular formula is C19H22N2O. The quantitative estimate of drug-likeness (QED) is 0.686. The SMILES string of the molecule is CC(C)(C)OCc1cc(N)c2[nH]c(-c3ccccc3)cc2c1. The van der Waals surface area contributed by atoms with Gasteiger partial charge in [0.25, 0.3) is 0 Å². The average molecular weight is 294 g/mol. The summed E-state index contributed by atoms with van der Waals surface area (Å²) in [4.78, 5) is 3.41. The van der Waals surface area contributed by atoms with Crippen molar-refractivity contribution in [2.75, 3.05) is 5.73 Å². The van der Waals surface area contributed by atoms with E-state index in [0.29, 0.717) is 6.61 Å². The fraction of sp³-hybridized carbons (Fsp3) is 0.263. The molecule has 3 heteroatoms. The monoisotopic (exact) mass is 294 g/mol. The molecule has 0 aliphatic heterocycles. The summed E-state index contributed by atoms with van der Waals surface area (Å²) in [7, 11) is 0. The second-order valence-corrected chi connectivity index (χ2v) is 6.60. The van der Waals surface area contributed by atoms with Crippen LogP contribution in [0.1, 0.15) is 26.3 Å². The highest BCUT2D eigenvalue weighted by Gasteiger charge is 2.12. The van der Waals surface area contributed by atoms with Crippen LogP contribution in [0.2, 0.25) is 0 Å². The van der Waals surface area contributed by atoms with Gasteiger partial charge < -0.3 is 15.5 Å². The smallest absolute Gasteiger partial charge is 0.0725 e. The highest BCUT2D eigenvalue weighted by atomic mass is 16.5. The maximum atomic E-state index is 6.20. The lowest BCUT2D eigenvalue weighted by Crippen LogP contribution is -2.18. The lowest BCUT2D eigenvalue weighted by atomic mass is 10.1. The first-order valence-electron chi connectivity index (χ1n) is 7.53. The van der Waals surface area contributed by atoms with Crippen LogP contribution in [0.5, 0.6) is 0 Å². The highest BCUT2D eigenvalue weighted by molar-refractivity contribution is 5.94. The summed E-state index contributed by atoms with van der Waals surface area (Å²) in [6.07, 6.45) is 0. The molecular weight excluding hydrogens is 272 g/mol. The second kappa shape index (κ2) is 5.50. The van der Waals surface area contributed by atoms with Crippen molar-refractivity contribution >= 4 is 16.6 Å². The van der Waals surface area contributed by atoms with Gasteiger partial charge in [0.05, 0.1) is 23.4 Å². The molecule has 114 valence electrons. The largest absolute Gasteiger partial charge is 0.397 e. The van der Waals surface area contributed by atoms with Crippen molar-refractivity contribution in [3.63, 3.8) is 0 Å². The molecule has 3 nitrogen and oxygen atoms in total. The van der Waals surface area contributed by atoms with Gasteiger partial charge in [-0.3, -0.25) is 0 Å². The third-order valence-corrected chi connectivity index (χ3v) is 3.58. The van der Waals surface area contributed by atoms with E-state index >= 15 is 0 Å².